The van der Waals surface area contributed by atoms with Crippen LogP contribution in [0.4, 0.5) is 5.69 Å². The van der Waals surface area contributed by atoms with Gasteiger partial charge in [-0.1, -0.05) is 26.8 Å². The SMILES string of the molecule is CC(SC(C)(C)C)C(=O)Nc1cccc(C#N)c1. The maximum atomic E-state index is 12.0. The van der Waals surface area contributed by atoms with Gasteiger partial charge in [0.05, 0.1) is 16.9 Å². The van der Waals surface area contributed by atoms with Crippen LogP contribution in [-0.4, -0.2) is 15.9 Å². The Morgan fingerprint density at radius 3 is 2.67 bits per heavy atom. The molecule has 1 N–H and O–H groups in total. The minimum atomic E-state index is -0.129. The van der Waals surface area contributed by atoms with E-state index in [2.05, 4.69) is 32.2 Å². The van der Waals surface area contributed by atoms with Crippen molar-refractivity contribution >= 4 is 23.4 Å². The maximum absolute atomic E-state index is 12.0. The molecule has 18 heavy (non-hydrogen) atoms. The molecule has 0 heterocycles. The Morgan fingerprint density at radius 1 is 1.44 bits per heavy atom. The zero-order valence-corrected chi connectivity index (χ0v) is 12.0. The third-order valence-electron chi connectivity index (χ3n) is 2.16. The molecule has 3 nitrogen and oxygen atoms in total. The number of benzene rings is 1. The van der Waals surface area contributed by atoms with Crippen LogP contribution in [0.25, 0.3) is 0 Å². The second-order valence-electron chi connectivity index (χ2n) is 5.05. The molecule has 0 aromatic heterocycles. The van der Waals surface area contributed by atoms with E-state index in [4.69, 9.17) is 5.26 Å². The van der Waals surface area contributed by atoms with Crippen LogP contribution in [0.3, 0.4) is 0 Å². The monoisotopic (exact) mass is 262 g/mol. The fourth-order valence-corrected chi connectivity index (χ4v) is 2.72. The van der Waals surface area contributed by atoms with E-state index in [1.807, 2.05) is 6.92 Å². The van der Waals surface area contributed by atoms with Gasteiger partial charge in [0.25, 0.3) is 0 Å². The van der Waals surface area contributed by atoms with Crippen molar-refractivity contribution in [3.8, 4) is 6.07 Å². The summed E-state index contributed by atoms with van der Waals surface area (Å²) in [5.41, 5.74) is 1.21. The van der Waals surface area contributed by atoms with Gasteiger partial charge in [-0.15, -0.1) is 11.8 Å². The molecular weight excluding hydrogens is 244 g/mol. The van der Waals surface area contributed by atoms with E-state index in [-0.39, 0.29) is 15.9 Å². The number of carbonyl (C=O) groups excluding carboxylic acids is 1. The van der Waals surface area contributed by atoms with Crippen molar-refractivity contribution < 1.29 is 4.79 Å². The molecule has 0 fully saturated rings. The first kappa shape index (κ1) is 14.6. The number of anilines is 1. The number of nitrogens with zero attached hydrogens (tertiary/aromatic N) is 1. The molecule has 1 aromatic rings. The first-order chi connectivity index (χ1) is 8.31. The molecule has 1 amide bonds. The number of rotatable bonds is 3. The van der Waals surface area contributed by atoms with Crippen LogP contribution in [-0.2, 0) is 4.79 Å². The van der Waals surface area contributed by atoms with Gasteiger partial charge < -0.3 is 5.32 Å². The lowest BCUT2D eigenvalue weighted by Gasteiger charge is -2.22. The second-order valence-corrected chi connectivity index (χ2v) is 7.22. The van der Waals surface area contributed by atoms with Crippen LogP contribution >= 0.6 is 11.8 Å². The van der Waals surface area contributed by atoms with Crippen molar-refractivity contribution in [2.24, 2.45) is 0 Å². The number of hydrogen-bond donors (Lipinski definition) is 1. The van der Waals surface area contributed by atoms with E-state index in [0.717, 1.165) is 0 Å². The standard InChI is InChI=1S/C14H18N2OS/c1-10(18-14(2,3)4)13(17)16-12-7-5-6-11(8-12)9-15/h5-8,10H,1-4H3,(H,16,17). The van der Waals surface area contributed by atoms with Gasteiger partial charge in [-0.25, -0.2) is 0 Å². The summed E-state index contributed by atoms with van der Waals surface area (Å²) in [6.07, 6.45) is 0. The third kappa shape index (κ3) is 4.80. The van der Waals surface area contributed by atoms with E-state index >= 15 is 0 Å². The number of hydrogen-bond acceptors (Lipinski definition) is 3. The molecule has 1 aromatic carbocycles. The topological polar surface area (TPSA) is 52.9 Å². The van der Waals surface area contributed by atoms with Gasteiger partial charge in [0.15, 0.2) is 0 Å². The predicted molar refractivity (Wildman–Crippen MR) is 76.6 cm³/mol. The summed E-state index contributed by atoms with van der Waals surface area (Å²) in [6, 6.07) is 8.98. The lowest BCUT2D eigenvalue weighted by molar-refractivity contribution is -0.115. The summed E-state index contributed by atoms with van der Waals surface area (Å²) in [7, 11) is 0. The Kier molecular flexibility index (Phi) is 4.80. The van der Waals surface area contributed by atoms with E-state index < -0.39 is 0 Å². The number of amides is 1. The molecule has 0 aliphatic rings. The minimum absolute atomic E-state index is 0.0370. The Labute approximate surface area is 113 Å². The van der Waals surface area contributed by atoms with Crippen LogP contribution in [0.2, 0.25) is 0 Å². The van der Waals surface area contributed by atoms with Crippen molar-refractivity contribution in [3.63, 3.8) is 0 Å². The zero-order valence-electron chi connectivity index (χ0n) is 11.2. The van der Waals surface area contributed by atoms with Crippen molar-refractivity contribution in [1.82, 2.24) is 0 Å². The van der Waals surface area contributed by atoms with E-state index in [1.54, 1.807) is 36.0 Å². The molecule has 96 valence electrons. The molecule has 0 radical (unpaired) electrons. The quantitative estimate of drug-likeness (QED) is 0.908. The molecule has 1 rings (SSSR count). The van der Waals surface area contributed by atoms with Gasteiger partial charge in [-0.2, -0.15) is 5.26 Å². The normalized spacial score (nSPS) is 12.6. The van der Waals surface area contributed by atoms with E-state index in [9.17, 15) is 4.79 Å². The molecule has 0 aliphatic heterocycles. The molecule has 1 unspecified atom stereocenters. The highest BCUT2D eigenvalue weighted by atomic mass is 32.2. The summed E-state index contributed by atoms with van der Waals surface area (Å²) in [5, 5.41) is 11.5. The van der Waals surface area contributed by atoms with Crippen molar-refractivity contribution in [2.75, 3.05) is 5.32 Å². The fraction of sp³-hybridized carbons (Fsp3) is 0.429. The molecule has 4 heteroatoms. The van der Waals surface area contributed by atoms with Gasteiger partial charge in [0.1, 0.15) is 0 Å². The lowest BCUT2D eigenvalue weighted by Crippen LogP contribution is -2.26. The minimum Gasteiger partial charge on any atom is -0.325 e. The summed E-state index contributed by atoms with van der Waals surface area (Å²) in [6.45, 7) is 8.13. The summed E-state index contributed by atoms with van der Waals surface area (Å²) < 4.78 is 0.0469. The van der Waals surface area contributed by atoms with Gasteiger partial charge in [-0.05, 0) is 25.1 Å². The van der Waals surface area contributed by atoms with Gasteiger partial charge >= 0.3 is 0 Å². The van der Waals surface area contributed by atoms with Crippen molar-refractivity contribution in [1.29, 1.82) is 5.26 Å². The average molecular weight is 262 g/mol. The highest BCUT2D eigenvalue weighted by Crippen LogP contribution is 2.28. The summed E-state index contributed by atoms with van der Waals surface area (Å²) in [4.78, 5) is 12.0. The summed E-state index contributed by atoms with van der Waals surface area (Å²) in [5.74, 6) is -0.0370. The number of nitrogens with one attached hydrogen (secondary N) is 1. The Bertz CT molecular complexity index is 471. The number of carbonyl (C=O) groups is 1. The average Bonchev–Trinajstić information content (AvgIpc) is 2.27. The predicted octanol–water partition coefficient (Wildman–Crippen LogP) is 3.42. The van der Waals surface area contributed by atoms with E-state index in [1.165, 1.54) is 0 Å². The molecule has 0 bridgehead atoms. The smallest absolute Gasteiger partial charge is 0.237 e. The fourth-order valence-electron chi connectivity index (χ4n) is 1.49. The molecule has 0 saturated heterocycles. The largest absolute Gasteiger partial charge is 0.325 e. The van der Waals surface area contributed by atoms with Gasteiger partial charge in [0, 0.05) is 10.4 Å². The first-order valence-electron chi connectivity index (χ1n) is 5.80. The molecular formula is C14H18N2OS. The van der Waals surface area contributed by atoms with Crippen molar-refractivity contribution in [2.45, 2.75) is 37.7 Å². The Morgan fingerprint density at radius 2 is 2.11 bits per heavy atom. The first-order valence-corrected chi connectivity index (χ1v) is 6.68. The molecule has 0 aliphatic carbocycles. The van der Waals surface area contributed by atoms with Crippen LogP contribution in [0, 0.1) is 11.3 Å². The Hall–Kier alpha value is -1.47. The molecule has 0 saturated carbocycles. The van der Waals surface area contributed by atoms with Crippen LogP contribution in [0.1, 0.15) is 33.3 Å². The van der Waals surface area contributed by atoms with Crippen LogP contribution < -0.4 is 5.32 Å². The Balaban J connectivity index is 2.67. The lowest BCUT2D eigenvalue weighted by atomic mass is 10.2. The van der Waals surface area contributed by atoms with Gasteiger partial charge in [0.2, 0.25) is 5.91 Å². The number of thioether (sulfide) groups is 1. The van der Waals surface area contributed by atoms with Crippen LogP contribution in [0.15, 0.2) is 24.3 Å². The zero-order chi connectivity index (χ0) is 13.8. The highest BCUT2D eigenvalue weighted by Gasteiger charge is 2.21. The van der Waals surface area contributed by atoms with Crippen molar-refractivity contribution in [3.05, 3.63) is 29.8 Å². The van der Waals surface area contributed by atoms with Crippen LogP contribution in [0.5, 0.6) is 0 Å². The second kappa shape index (κ2) is 5.92. The molecule has 0 spiro atoms. The summed E-state index contributed by atoms with van der Waals surface area (Å²) >= 11 is 1.62. The van der Waals surface area contributed by atoms with Gasteiger partial charge in [-0.3, -0.25) is 4.79 Å². The number of nitriles is 1. The van der Waals surface area contributed by atoms with E-state index in [0.29, 0.717) is 11.3 Å². The molecule has 1 atom stereocenters. The third-order valence-corrected chi connectivity index (χ3v) is 3.43. The highest BCUT2D eigenvalue weighted by molar-refractivity contribution is 8.01. The maximum Gasteiger partial charge on any atom is 0.237 e.